The van der Waals surface area contributed by atoms with E-state index in [-0.39, 0.29) is 24.0 Å². The van der Waals surface area contributed by atoms with Crippen LogP contribution in [0.3, 0.4) is 0 Å². The van der Waals surface area contributed by atoms with Gasteiger partial charge in [-0.2, -0.15) is 0 Å². The van der Waals surface area contributed by atoms with Gasteiger partial charge in [-0.1, -0.05) is 13.8 Å². The van der Waals surface area contributed by atoms with Gasteiger partial charge in [0.1, 0.15) is 23.3 Å². The number of rotatable bonds is 7. The summed E-state index contributed by atoms with van der Waals surface area (Å²) in [4.78, 5) is 27.2. The molecule has 1 aromatic carbocycles. The van der Waals surface area contributed by atoms with Crippen LogP contribution < -0.4 is 4.74 Å². The zero-order valence-corrected chi connectivity index (χ0v) is 17.7. The minimum absolute atomic E-state index is 0.0220. The molecule has 1 aromatic heterocycles. The van der Waals surface area contributed by atoms with Gasteiger partial charge < -0.3 is 23.9 Å². The number of nitrogens with zero attached hydrogens (tertiary/aromatic N) is 1. The van der Waals surface area contributed by atoms with Crippen LogP contribution in [-0.2, 0) is 14.3 Å². The van der Waals surface area contributed by atoms with Gasteiger partial charge in [0.25, 0.3) is 11.7 Å². The molecule has 2 fully saturated rings. The molecule has 0 spiro atoms. The van der Waals surface area contributed by atoms with Crippen molar-refractivity contribution in [1.29, 1.82) is 0 Å². The summed E-state index contributed by atoms with van der Waals surface area (Å²) in [5.74, 6) is -0.124. The number of carbonyl (C=O) groups excluding carboxylic acids is 2. The molecule has 3 heterocycles. The molecule has 4 rings (SSSR count). The van der Waals surface area contributed by atoms with Crippen molar-refractivity contribution in [3.05, 3.63) is 59.6 Å². The lowest BCUT2D eigenvalue weighted by molar-refractivity contribution is -0.141. The van der Waals surface area contributed by atoms with Crippen molar-refractivity contribution in [2.45, 2.75) is 38.8 Å². The molecular formula is C24H27NO6. The number of likely N-dealkylation sites (tertiary alicyclic amines) is 1. The molecule has 2 aliphatic heterocycles. The molecule has 7 nitrogen and oxygen atoms in total. The largest absolute Gasteiger partial charge is 0.507 e. The zero-order chi connectivity index (χ0) is 22.0. The number of aliphatic hydroxyl groups is 1. The number of hydrogen-bond donors (Lipinski definition) is 1. The first-order valence-electron chi connectivity index (χ1n) is 10.6. The molecule has 0 saturated carbocycles. The Kier molecular flexibility index (Phi) is 6.13. The van der Waals surface area contributed by atoms with E-state index in [0.29, 0.717) is 36.2 Å². The molecule has 164 valence electrons. The van der Waals surface area contributed by atoms with Crippen LogP contribution >= 0.6 is 0 Å². The Labute approximate surface area is 181 Å². The van der Waals surface area contributed by atoms with Crippen LogP contribution in [-0.4, -0.2) is 47.6 Å². The second kappa shape index (κ2) is 8.98. The lowest BCUT2D eigenvalue weighted by Gasteiger charge is -2.25. The van der Waals surface area contributed by atoms with E-state index in [9.17, 15) is 14.7 Å². The highest BCUT2D eigenvalue weighted by Crippen LogP contribution is 2.40. The summed E-state index contributed by atoms with van der Waals surface area (Å²) in [6, 6.07) is 9.44. The zero-order valence-electron chi connectivity index (χ0n) is 17.7. The highest BCUT2D eigenvalue weighted by atomic mass is 16.5. The van der Waals surface area contributed by atoms with Gasteiger partial charge in [-0.25, -0.2) is 0 Å². The van der Waals surface area contributed by atoms with Crippen molar-refractivity contribution in [3.63, 3.8) is 0 Å². The van der Waals surface area contributed by atoms with Crippen molar-refractivity contribution in [3.8, 4) is 5.75 Å². The molecule has 2 aliphatic rings. The van der Waals surface area contributed by atoms with Crippen molar-refractivity contribution >= 4 is 17.4 Å². The van der Waals surface area contributed by atoms with E-state index in [2.05, 4.69) is 13.8 Å². The SMILES string of the molecule is CC(C)COc1ccc(/C(O)=C2/C(=O)C(=O)N(CC3CCCO3)C2c2ccco2)cc1. The molecule has 2 aromatic rings. The molecule has 0 radical (unpaired) electrons. The summed E-state index contributed by atoms with van der Waals surface area (Å²) in [6.45, 7) is 5.62. The first kappa shape index (κ1) is 21.2. The second-order valence-electron chi connectivity index (χ2n) is 8.33. The van der Waals surface area contributed by atoms with E-state index in [4.69, 9.17) is 13.9 Å². The van der Waals surface area contributed by atoms with Gasteiger partial charge >= 0.3 is 0 Å². The summed E-state index contributed by atoms with van der Waals surface area (Å²) < 4.78 is 16.9. The molecular weight excluding hydrogens is 398 g/mol. The number of amides is 1. The van der Waals surface area contributed by atoms with Crippen molar-refractivity contribution in [1.82, 2.24) is 4.90 Å². The maximum atomic E-state index is 12.9. The molecule has 2 atom stereocenters. The van der Waals surface area contributed by atoms with Crippen LogP contribution in [0, 0.1) is 5.92 Å². The normalized spacial score (nSPS) is 23.1. The predicted octanol–water partition coefficient (Wildman–Crippen LogP) is 3.92. The first-order chi connectivity index (χ1) is 15.0. The maximum absolute atomic E-state index is 12.9. The molecule has 0 bridgehead atoms. The lowest BCUT2D eigenvalue weighted by atomic mass is 9.99. The minimum Gasteiger partial charge on any atom is -0.507 e. The summed E-state index contributed by atoms with van der Waals surface area (Å²) >= 11 is 0. The second-order valence-corrected chi connectivity index (χ2v) is 8.33. The van der Waals surface area contributed by atoms with Gasteiger partial charge in [-0.15, -0.1) is 0 Å². The fourth-order valence-corrected chi connectivity index (χ4v) is 3.95. The number of furan rings is 1. The van der Waals surface area contributed by atoms with E-state index in [1.165, 1.54) is 11.2 Å². The minimum atomic E-state index is -0.795. The van der Waals surface area contributed by atoms with E-state index in [0.717, 1.165) is 12.8 Å². The number of hydrogen-bond acceptors (Lipinski definition) is 6. The average Bonchev–Trinajstić information content (AvgIpc) is 3.51. The van der Waals surface area contributed by atoms with Gasteiger partial charge in [0.15, 0.2) is 0 Å². The van der Waals surface area contributed by atoms with E-state index >= 15 is 0 Å². The molecule has 1 amide bonds. The Bertz CT molecular complexity index is 954. The number of aliphatic hydroxyl groups excluding tert-OH is 1. The average molecular weight is 425 g/mol. The van der Waals surface area contributed by atoms with Gasteiger partial charge in [0.05, 0.1) is 24.5 Å². The molecule has 31 heavy (non-hydrogen) atoms. The monoisotopic (exact) mass is 425 g/mol. The quantitative estimate of drug-likeness (QED) is 0.411. The first-order valence-corrected chi connectivity index (χ1v) is 10.6. The van der Waals surface area contributed by atoms with Crippen LogP contribution in [0.5, 0.6) is 5.75 Å². The Morgan fingerprint density at radius 2 is 2.00 bits per heavy atom. The third-order valence-electron chi connectivity index (χ3n) is 5.49. The standard InChI is InChI=1S/C24H27NO6/c1-15(2)14-31-17-9-7-16(8-10-17)22(26)20-21(19-6-4-12-30-19)25(24(28)23(20)27)13-18-5-3-11-29-18/h4,6-10,12,15,18,21,26H,3,5,11,13-14H2,1-2H3/b22-20-. The topological polar surface area (TPSA) is 89.2 Å². The number of benzene rings is 1. The number of ketones is 1. The molecule has 0 aliphatic carbocycles. The van der Waals surface area contributed by atoms with Crippen molar-refractivity contribution in [2.75, 3.05) is 19.8 Å². The van der Waals surface area contributed by atoms with Crippen LogP contribution in [0.4, 0.5) is 0 Å². The van der Waals surface area contributed by atoms with E-state index < -0.39 is 17.7 Å². The van der Waals surface area contributed by atoms with Crippen molar-refractivity contribution in [2.24, 2.45) is 5.92 Å². The van der Waals surface area contributed by atoms with E-state index in [1.54, 1.807) is 36.4 Å². The molecule has 1 N–H and O–H groups in total. The Morgan fingerprint density at radius 1 is 1.23 bits per heavy atom. The fraction of sp³-hybridized carbons (Fsp3) is 0.417. The Hall–Kier alpha value is -3.06. The summed E-state index contributed by atoms with van der Waals surface area (Å²) in [5.41, 5.74) is 0.456. The van der Waals surface area contributed by atoms with Gasteiger partial charge in [0, 0.05) is 18.7 Å². The number of Topliss-reactive ketones (excluding diaryl/α,β-unsaturated/α-hetero) is 1. The summed E-state index contributed by atoms with van der Waals surface area (Å²) in [6.07, 6.45) is 3.10. The van der Waals surface area contributed by atoms with Gasteiger partial charge in [-0.3, -0.25) is 9.59 Å². The number of carbonyl (C=O) groups is 2. The Balaban J connectivity index is 1.67. The highest BCUT2D eigenvalue weighted by molar-refractivity contribution is 6.46. The third kappa shape index (κ3) is 4.37. The molecule has 7 heteroatoms. The third-order valence-corrected chi connectivity index (χ3v) is 5.49. The number of ether oxygens (including phenoxy) is 2. The molecule has 2 unspecified atom stereocenters. The maximum Gasteiger partial charge on any atom is 0.295 e. The molecule has 2 saturated heterocycles. The highest BCUT2D eigenvalue weighted by Gasteiger charge is 2.48. The van der Waals surface area contributed by atoms with Crippen LogP contribution in [0.15, 0.2) is 52.7 Å². The predicted molar refractivity (Wildman–Crippen MR) is 113 cm³/mol. The van der Waals surface area contributed by atoms with Crippen LogP contribution in [0.1, 0.15) is 44.1 Å². The lowest BCUT2D eigenvalue weighted by Crippen LogP contribution is -2.36. The fourth-order valence-electron chi connectivity index (χ4n) is 3.95. The van der Waals surface area contributed by atoms with Gasteiger partial charge in [0.2, 0.25) is 0 Å². The smallest absolute Gasteiger partial charge is 0.295 e. The van der Waals surface area contributed by atoms with E-state index in [1.807, 2.05) is 0 Å². The Morgan fingerprint density at radius 3 is 2.61 bits per heavy atom. The summed E-state index contributed by atoms with van der Waals surface area (Å²) in [7, 11) is 0. The van der Waals surface area contributed by atoms with Crippen LogP contribution in [0.2, 0.25) is 0 Å². The summed E-state index contributed by atoms with van der Waals surface area (Å²) in [5, 5.41) is 11.0. The van der Waals surface area contributed by atoms with Crippen molar-refractivity contribution < 1.29 is 28.6 Å². The van der Waals surface area contributed by atoms with Crippen LogP contribution in [0.25, 0.3) is 5.76 Å². The van der Waals surface area contributed by atoms with Gasteiger partial charge in [-0.05, 0) is 55.2 Å².